The summed E-state index contributed by atoms with van der Waals surface area (Å²) in [5.74, 6) is 0.0860. The van der Waals surface area contributed by atoms with Gasteiger partial charge in [0.05, 0.1) is 22.5 Å². The number of hydrogen-bond donors (Lipinski definition) is 1. The minimum atomic E-state index is -0.466. The molecule has 1 aliphatic heterocycles. The van der Waals surface area contributed by atoms with Gasteiger partial charge in [-0.2, -0.15) is 0 Å². The number of non-ortho nitro benzene ring substituents is 1. The Morgan fingerprint density at radius 1 is 1.27 bits per heavy atom. The number of fused-ring (bicyclic) bond motifs is 1. The molecule has 4 rings (SSSR count). The van der Waals surface area contributed by atoms with Gasteiger partial charge in [0, 0.05) is 38.9 Å². The largest absolute Gasteiger partial charge is 0.481 e. The Labute approximate surface area is 191 Å². The lowest BCUT2D eigenvalue weighted by molar-refractivity contribution is -0.383. The van der Waals surface area contributed by atoms with Crippen LogP contribution in [0.15, 0.2) is 60.8 Å². The van der Waals surface area contributed by atoms with Crippen LogP contribution in [0.3, 0.4) is 0 Å². The third-order valence-electron chi connectivity index (χ3n) is 5.98. The van der Waals surface area contributed by atoms with Crippen molar-refractivity contribution in [3.05, 3.63) is 76.5 Å². The van der Waals surface area contributed by atoms with Crippen LogP contribution in [-0.4, -0.2) is 70.1 Å². The molecule has 0 spiro atoms. The highest BCUT2D eigenvalue weighted by atomic mass is 16.6. The number of carbonyl (C=O) groups is 1. The van der Waals surface area contributed by atoms with Crippen molar-refractivity contribution in [1.29, 1.82) is 0 Å². The number of nitro groups is 1. The Morgan fingerprint density at radius 3 is 2.76 bits per heavy atom. The van der Waals surface area contributed by atoms with Gasteiger partial charge in [-0.1, -0.05) is 30.3 Å². The molecular weight excluding hydrogens is 424 g/mol. The van der Waals surface area contributed by atoms with Crippen molar-refractivity contribution in [3.63, 3.8) is 0 Å². The van der Waals surface area contributed by atoms with Crippen molar-refractivity contribution in [2.45, 2.75) is 18.6 Å². The highest BCUT2D eigenvalue weighted by Gasteiger charge is 2.28. The smallest absolute Gasteiger partial charge is 0.279 e. The number of nitrogens with zero attached hydrogens (tertiary/aromatic N) is 4. The molecule has 0 unspecified atom stereocenters. The summed E-state index contributed by atoms with van der Waals surface area (Å²) in [7, 11) is 1.74. The minimum absolute atomic E-state index is 0.0640. The number of carbonyl (C=O) groups excluding carboxylic acids is 1. The maximum Gasteiger partial charge on any atom is 0.279 e. The summed E-state index contributed by atoms with van der Waals surface area (Å²) >= 11 is 0. The van der Waals surface area contributed by atoms with Gasteiger partial charge in [0.1, 0.15) is 11.3 Å². The van der Waals surface area contributed by atoms with E-state index in [9.17, 15) is 20.0 Å². The first-order valence-corrected chi connectivity index (χ1v) is 10.8. The van der Waals surface area contributed by atoms with E-state index >= 15 is 0 Å². The average molecular weight is 450 g/mol. The fourth-order valence-electron chi connectivity index (χ4n) is 4.17. The summed E-state index contributed by atoms with van der Waals surface area (Å²) in [6.07, 6.45) is 1.92. The number of likely N-dealkylation sites (N-methyl/N-ethyl adjacent to an activating group) is 1. The second-order valence-electron chi connectivity index (χ2n) is 8.16. The normalized spacial score (nSPS) is 17.1. The van der Waals surface area contributed by atoms with Crippen LogP contribution in [0.5, 0.6) is 5.75 Å². The molecule has 1 amide bonds. The standard InChI is InChI=1S/C24H26N4O5/c1-26(21(17-6-3-2-4-7-17)15-27-13-11-18(29)14-27)23(30)16-33-22-10-9-20(28(31)32)19-8-5-12-25-24(19)22/h2-10,12,18,21,29H,11,13-16H2,1H3/t18-,21+/m0/s1. The van der Waals surface area contributed by atoms with E-state index in [1.165, 1.54) is 18.3 Å². The van der Waals surface area contributed by atoms with Crippen LogP contribution >= 0.6 is 0 Å². The maximum atomic E-state index is 13.1. The van der Waals surface area contributed by atoms with E-state index in [0.717, 1.165) is 18.5 Å². The van der Waals surface area contributed by atoms with E-state index in [1.807, 2.05) is 30.3 Å². The lowest BCUT2D eigenvalue weighted by Crippen LogP contribution is -2.40. The molecule has 0 bridgehead atoms. The van der Waals surface area contributed by atoms with Gasteiger partial charge in [-0.15, -0.1) is 0 Å². The molecule has 2 aromatic carbocycles. The quantitative estimate of drug-likeness (QED) is 0.415. The van der Waals surface area contributed by atoms with E-state index in [2.05, 4.69) is 9.88 Å². The number of rotatable bonds is 8. The molecule has 1 aliphatic rings. The third kappa shape index (κ3) is 5.10. The Bertz CT molecular complexity index is 1140. The molecule has 0 radical (unpaired) electrons. The maximum absolute atomic E-state index is 13.1. The Kier molecular flexibility index (Phi) is 6.81. The molecule has 1 N–H and O–H groups in total. The summed E-state index contributed by atoms with van der Waals surface area (Å²) in [5, 5.41) is 21.6. The number of benzene rings is 2. The molecule has 3 aromatic rings. The van der Waals surface area contributed by atoms with Crippen LogP contribution in [0.4, 0.5) is 5.69 Å². The van der Waals surface area contributed by atoms with Crippen molar-refractivity contribution >= 4 is 22.5 Å². The molecule has 33 heavy (non-hydrogen) atoms. The minimum Gasteiger partial charge on any atom is -0.481 e. The first-order valence-electron chi connectivity index (χ1n) is 10.8. The number of likely N-dealkylation sites (tertiary alicyclic amines) is 1. The van der Waals surface area contributed by atoms with Crippen molar-refractivity contribution in [2.24, 2.45) is 0 Å². The van der Waals surface area contributed by atoms with E-state index in [1.54, 1.807) is 24.1 Å². The zero-order valence-corrected chi connectivity index (χ0v) is 18.3. The topological polar surface area (TPSA) is 109 Å². The summed E-state index contributed by atoms with van der Waals surface area (Å²) in [6, 6.07) is 15.6. The number of aliphatic hydroxyl groups is 1. The molecule has 0 aliphatic carbocycles. The lowest BCUT2D eigenvalue weighted by atomic mass is 10.0. The van der Waals surface area contributed by atoms with Crippen LogP contribution in [0.2, 0.25) is 0 Å². The number of β-amino-alcohol motifs (C(OH)–C–C–N with tert-alkyl or cyclic N) is 1. The zero-order valence-electron chi connectivity index (χ0n) is 18.3. The molecule has 2 heterocycles. The molecule has 172 valence electrons. The molecular formula is C24H26N4O5. The average Bonchev–Trinajstić information content (AvgIpc) is 3.25. The number of nitro benzene ring substituents is 1. The first kappa shape index (κ1) is 22.6. The number of ether oxygens (including phenoxy) is 1. The van der Waals surface area contributed by atoms with Crippen molar-refractivity contribution in [2.75, 3.05) is 33.3 Å². The van der Waals surface area contributed by atoms with Crippen LogP contribution in [0, 0.1) is 10.1 Å². The lowest BCUT2D eigenvalue weighted by Gasteiger charge is -2.32. The van der Waals surface area contributed by atoms with Crippen molar-refractivity contribution < 1.29 is 19.6 Å². The van der Waals surface area contributed by atoms with Crippen molar-refractivity contribution in [1.82, 2.24) is 14.8 Å². The highest BCUT2D eigenvalue weighted by Crippen LogP contribution is 2.31. The van der Waals surface area contributed by atoms with Gasteiger partial charge in [-0.05, 0) is 30.2 Å². The number of hydrogen-bond acceptors (Lipinski definition) is 7. The first-order chi connectivity index (χ1) is 15.9. The van der Waals surface area contributed by atoms with Gasteiger partial charge < -0.3 is 14.7 Å². The molecule has 9 heteroatoms. The fraction of sp³-hybridized carbons (Fsp3) is 0.333. The van der Waals surface area contributed by atoms with Gasteiger partial charge in [0.15, 0.2) is 6.61 Å². The third-order valence-corrected chi connectivity index (χ3v) is 5.98. The fourth-order valence-corrected chi connectivity index (χ4v) is 4.17. The molecule has 0 saturated carbocycles. The highest BCUT2D eigenvalue weighted by molar-refractivity contribution is 5.92. The molecule has 9 nitrogen and oxygen atoms in total. The Balaban J connectivity index is 1.51. The van der Waals surface area contributed by atoms with Crippen LogP contribution < -0.4 is 4.74 Å². The van der Waals surface area contributed by atoms with E-state index in [4.69, 9.17) is 4.74 Å². The predicted octanol–water partition coefficient (Wildman–Crippen LogP) is 2.79. The monoisotopic (exact) mass is 450 g/mol. The van der Waals surface area contributed by atoms with Crippen LogP contribution in [0.1, 0.15) is 18.0 Å². The summed E-state index contributed by atoms with van der Waals surface area (Å²) < 4.78 is 5.78. The Hall–Kier alpha value is -3.56. The predicted molar refractivity (Wildman–Crippen MR) is 123 cm³/mol. The number of amides is 1. The number of aliphatic hydroxyl groups excluding tert-OH is 1. The molecule has 1 fully saturated rings. The van der Waals surface area contributed by atoms with Gasteiger partial charge in [0.2, 0.25) is 0 Å². The molecule has 2 atom stereocenters. The van der Waals surface area contributed by atoms with Crippen LogP contribution in [-0.2, 0) is 4.79 Å². The molecule has 1 saturated heterocycles. The van der Waals surface area contributed by atoms with Gasteiger partial charge in [-0.3, -0.25) is 24.8 Å². The molecule has 1 aromatic heterocycles. The second kappa shape index (κ2) is 9.93. The van der Waals surface area contributed by atoms with Crippen molar-refractivity contribution in [3.8, 4) is 5.75 Å². The summed E-state index contributed by atoms with van der Waals surface area (Å²) in [4.78, 5) is 32.0. The van der Waals surface area contributed by atoms with E-state index in [0.29, 0.717) is 29.7 Å². The van der Waals surface area contributed by atoms with Crippen LogP contribution in [0.25, 0.3) is 10.9 Å². The SMILES string of the molecule is CN(C(=O)COc1ccc([N+](=O)[O-])c2cccnc12)[C@H](CN1CC[C@H](O)C1)c1ccccc1. The van der Waals surface area contributed by atoms with E-state index in [-0.39, 0.29) is 30.3 Å². The number of pyridine rings is 1. The van der Waals surface area contributed by atoms with Gasteiger partial charge in [-0.25, -0.2) is 0 Å². The number of aromatic nitrogens is 1. The summed E-state index contributed by atoms with van der Waals surface area (Å²) in [5.41, 5.74) is 1.27. The van der Waals surface area contributed by atoms with E-state index < -0.39 is 4.92 Å². The second-order valence-corrected chi connectivity index (χ2v) is 8.16. The zero-order chi connectivity index (χ0) is 23.4. The van der Waals surface area contributed by atoms with Gasteiger partial charge in [0.25, 0.3) is 11.6 Å². The van der Waals surface area contributed by atoms with Gasteiger partial charge >= 0.3 is 0 Å². The Morgan fingerprint density at radius 2 is 2.06 bits per heavy atom. The summed E-state index contributed by atoms with van der Waals surface area (Å²) in [6.45, 7) is 1.74.